The lowest BCUT2D eigenvalue weighted by molar-refractivity contribution is 0.0175. The molecule has 0 spiro atoms. The van der Waals surface area contributed by atoms with E-state index in [1.807, 2.05) is 17.9 Å². The summed E-state index contributed by atoms with van der Waals surface area (Å²) in [5.74, 6) is 0. The van der Waals surface area contributed by atoms with Crippen LogP contribution in [0.25, 0.3) is 0 Å². The fraction of sp³-hybridized carbons (Fsp3) is 0.786. The lowest BCUT2D eigenvalue weighted by Crippen LogP contribution is -2.66. The highest BCUT2D eigenvalue weighted by Gasteiger charge is 2.39. The van der Waals surface area contributed by atoms with E-state index in [1.165, 1.54) is 5.56 Å². The molecule has 0 aromatic carbocycles. The molecule has 2 rings (SSSR count). The molecule has 4 nitrogen and oxygen atoms in total. The minimum atomic E-state index is 0.191. The van der Waals surface area contributed by atoms with E-state index < -0.39 is 0 Å². The third-order valence-electron chi connectivity index (χ3n) is 4.19. The van der Waals surface area contributed by atoms with Gasteiger partial charge in [0.2, 0.25) is 0 Å². The number of nitrogens with zero attached hydrogens (tertiary/aromatic N) is 3. The van der Waals surface area contributed by atoms with E-state index in [0.29, 0.717) is 0 Å². The lowest BCUT2D eigenvalue weighted by atomic mass is 9.87. The zero-order valence-electron chi connectivity index (χ0n) is 12.3. The smallest absolute Gasteiger partial charge is 0.0534 e. The maximum atomic E-state index is 4.27. The van der Waals surface area contributed by atoms with Crippen molar-refractivity contribution in [3.05, 3.63) is 18.0 Å². The van der Waals surface area contributed by atoms with E-state index in [2.05, 4.69) is 49.2 Å². The zero-order valence-corrected chi connectivity index (χ0v) is 12.3. The molecule has 102 valence electrons. The first-order valence-corrected chi connectivity index (χ1v) is 6.82. The van der Waals surface area contributed by atoms with Crippen LogP contribution in [0.15, 0.2) is 12.4 Å². The standard InChI is InChI=1S/C14H26N4/c1-6-14(4)10-15-13(2,3)11-18(14)9-12-7-16-17(5)8-12/h7-8,15H,6,9-11H2,1-5H3. The van der Waals surface area contributed by atoms with Gasteiger partial charge in [0.05, 0.1) is 6.20 Å². The topological polar surface area (TPSA) is 33.1 Å². The first-order chi connectivity index (χ1) is 8.35. The third kappa shape index (κ3) is 2.75. The molecule has 1 aromatic heterocycles. The first kappa shape index (κ1) is 13.6. The second kappa shape index (κ2) is 4.67. The molecule has 0 saturated carbocycles. The summed E-state index contributed by atoms with van der Waals surface area (Å²) in [5.41, 5.74) is 1.73. The quantitative estimate of drug-likeness (QED) is 0.887. The van der Waals surface area contributed by atoms with Gasteiger partial charge in [-0.15, -0.1) is 0 Å². The molecule has 1 atom stereocenters. The molecule has 1 fully saturated rings. The molecule has 1 saturated heterocycles. The minimum Gasteiger partial charge on any atom is -0.309 e. The lowest BCUT2D eigenvalue weighted by Gasteiger charge is -2.51. The monoisotopic (exact) mass is 250 g/mol. The number of aromatic nitrogens is 2. The molecule has 1 aliphatic rings. The predicted octanol–water partition coefficient (Wildman–Crippen LogP) is 1.77. The van der Waals surface area contributed by atoms with E-state index in [9.17, 15) is 0 Å². The van der Waals surface area contributed by atoms with Crippen molar-refractivity contribution in [3.8, 4) is 0 Å². The Morgan fingerprint density at radius 3 is 2.67 bits per heavy atom. The largest absolute Gasteiger partial charge is 0.309 e. The Hall–Kier alpha value is -0.870. The molecule has 0 bridgehead atoms. The Bertz CT molecular complexity index is 410. The van der Waals surface area contributed by atoms with Crippen molar-refractivity contribution in [1.82, 2.24) is 20.0 Å². The summed E-state index contributed by atoms with van der Waals surface area (Å²) in [4.78, 5) is 2.60. The van der Waals surface area contributed by atoms with Crippen molar-refractivity contribution in [1.29, 1.82) is 0 Å². The van der Waals surface area contributed by atoms with Crippen LogP contribution in [0.2, 0.25) is 0 Å². The highest BCUT2D eigenvalue weighted by atomic mass is 15.3. The fourth-order valence-corrected chi connectivity index (χ4v) is 2.63. The maximum Gasteiger partial charge on any atom is 0.0534 e. The summed E-state index contributed by atoms with van der Waals surface area (Å²) in [6.07, 6.45) is 5.26. The van der Waals surface area contributed by atoms with Crippen LogP contribution in [0.4, 0.5) is 0 Å². The number of piperazine rings is 1. The Morgan fingerprint density at radius 1 is 1.39 bits per heavy atom. The molecule has 1 aromatic rings. The highest BCUT2D eigenvalue weighted by molar-refractivity contribution is 5.07. The van der Waals surface area contributed by atoms with Crippen LogP contribution in [0.1, 0.15) is 39.7 Å². The van der Waals surface area contributed by atoms with Gasteiger partial charge in [0.15, 0.2) is 0 Å². The Balaban J connectivity index is 2.15. The van der Waals surface area contributed by atoms with Crippen LogP contribution in [-0.4, -0.2) is 38.8 Å². The van der Waals surface area contributed by atoms with Gasteiger partial charge < -0.3 is 5.32 Å². The third-order valence-corrected chi connectivity index (χ3v) is 4.19. The van der Waals surface area contributed by atoms with Crippen LogP contribution in [0, 0.1) is 0 Å². The number of rotatable bonds is 3. The number of hydrogen-bond acceptors (Lipinski definition) is 3. The van der Waals surface area contributed by atoms with Gasteiger partial charge in [0.25, 0.3) is 0 Å². The molecule has 2 heterocycles. The van der Waals surface area contributed by atoms with E-state index >= 15 is 0 Å². The van der Waals surface area contributed by atoms with Gasteiger partial charge >= 0.3 is 0 Å². The molecule has 0 amide bonds. The summed E-state index contributed by atoms with van der Waals surface area (Å²) in [5, 5.41) is 7.92. The summed E-state index contributed by atoms with van der Waals surface area (Å²) in [6.45, 7) is 12.3. The van der Waals surface area contributed by atoms with Crippen LogP contribution >= 0.6 is 0 Å². The van der Waals surface area contributed by atoms with Gasteiger partial charge in [-0.05, 0) is 27.2 Å². The Kier molecular flexibility index (Phi) is 3.52. The van der Waals surface area contributed by atoms with E-state index in [-0.39, 0.29) is 11.1 Å². The highest BCUT2D eigenvalue weighted by Crippen LogP contribution is 2.28. The molecule has 1 unspecified atom stereocenters. The molecule has 1 aliphatic heterocycles. The van der Waals surface area contributed by atoms with Gasteiger partial charge in [-0.25, -0.2) is 0 Å². The number of aryl methyl sites for hydroxylation is 1. The van der Waals surface area contributed by atoms with Gasteiger partial charge in [-0.3, -0.25) is 9.58 Å². The first-order valence-electron chi connectivity index (χ1n) is 6.82. The van der Waals surface area contributed by atoms with E-state index in [4.69, 9.17) is 0 Å². The molecule has 1 N–H and O–H groups in total. The van der Waals surface area contributed by atoms with Crippen molar-refractivity contribution < 1.29 is 0 Å². The van der Waals surface area contributed by atoms with Crippen LogP contribution < -0.4 is 5.32 Å². The van der Waals surface area contributed by atoms with Crippen LogP contribution in [-0.2, 0) is 13.6 Å². The normalized spacial score (nSPS) is 28.5. The Labute approximate surface area is 110 Å². The minimum absolute atomic E-state index is 0.191. The molecular formula is C14H26N4. The number of nitrogens with one attached hydrogen (secondary N) is 1. The molecule has 0 radical (unpaired) electrons. The average Bonchev–Trinajstić information content (AvgIpc) is 2.70. The summed E-state index contributed by atoms with van der Waals surface area (Å²) < 4.78 is 1.88. The van der Waals surface area contributed by atoms with Crippen LogP contribution in [0.3, 0.4) is 0 Å². The van der Waals surface area contributed by atoms with Gasteiger partial charge in [0, 0.05) is 49.5 Å². The summed E-state index contributed by atoms with van der Waals surface area (Å²) in [6, 6.07) is 0. The van der Waals surface area contributed by atoms with Crippen LogP contribution in [0.5, 0.6) is 0 Å². The molecule has 18 heavy (non-hydrogen) atoms. The fourth-order valence-electron chi connectivity index (χ4n) is 2.63. The van der Waals surface area contributed by atoms with Gasteiger partial charge in [-0.2, -0.15) is 5.10 Å². The summed E-state index contributed by atoms with van der Waals surface area (Å²) in [7, 11) is 1.98. The zero-order chi connectivity index (χ0) is 13.4. The van der Waals surface area contributed by atoms with Crippen molar-refractivity contribution in [2.75, 3.05) is 13.1 Å². The predicted molar refractivity (Wildman–Crippen MR) is 74.4 cm³/mol. The maximum absolute atomic E-state index is 4.27. The number of hydrogen-bond donors (Lipinski definition) is 1. The second-order valence-electron chi connectivity index (χ2n) is 6.47. The van der Waals surface area contributed by atoms with Gasteiger partial charge in [0.1, 0.15) is 0 Å². The average molecular weight is 250 g/mol. The summed E-state index contributed by atoms with van der Waals surface area (Å²) >= 11 is 0. The van der Waals surface area contributed by atoms with Crippen molar-refractivity contribution in [3.63, 3.8) is 0 Å². The molecular weight excluding hydrogens is 224 g/mol. The SMILES string of the molecule is CCC1(C)CNC(C)(C)CN1Cc1cnn(C)c1. The second-order valence-corrected chi connectivity index (χ2v) is 6.47. The van der Waals surface area contributed by atoms with Gasteiger partial charge in [-0.1, -0.05) is 6.92 Å². The van der Waals surface area contributed by atoms with E-state index in [1.54, 1.807) is 0 Å². The van der Waals surface area contributed by atoms with Crippen molar-refractivity contribution in [2.45, 2.75) is 51.7 Å². The Morgan fingerprint density at radius 2 is 2.11 bits per heavy atom. The van der Waals surface area contributed by atoms with E-state index in [0.717, 1.165) is 26.1 Å². The molecule has 0 aliphatic carbocycles. The van der Waals surface area contributed by atoms with Crippen molar-refractivity contribution >= 4 is 0 Å². The van der Waals surface area contributed by atoms with Crippen molar-refractivity contribution in [2.24, 2.45) is 7.05 Å². The molecule has 4 heteroatoms.